The van der Waals surface area contributed by atoms with Gasteiger partial charge in [-0.1, -0.05) is 12.1 Å². The third kappa shape index (κ3) is 3.46. The summed E-state index contributed by atoms with van der Waals surface area (Å²) in [6.45, 7) is 2.31. The van der Waals surface area contributed by atoms with Crippen molar-refractivity contribution in [2.75, 3.05) is 23.9 Å². The summed E-state index contributed by atoms with van der Waals surface area (Å²) in [5.74, 6) is 0.410. The molecule has 1 atom stereocenters. The third-order valence-electron chi connectivity index (χ3n) is 6.76. The van der Waals surface area contributed by atoms with E-state index in [0.29, 0.717) is 54.0 Å². The highest BCUT2D eigenvalue weighted by atomic mass is 16.5. The molecular weight excluding hydrogens is 432 g/mol. The molecule has 0 bridgehead atoms. The van der Waals surface area contributed by atoms with Crippen molar-refractivity contribution in [2.45, 2.75) is 38.3 Å². The summed E-state index contributed by atoms with van der Waals surface area (Å²) >= 11 is 0. The normalized spacial score (nSPS) is 19.2. The van der Waals surface area contributed by atoms with Crippen molar-refractivity contribution in [3.8, 4) is 5.75 Å². The minimum atomic E-state index is -0.711. The van der Waals surface area contributed by atoms with Crippen LogP contribution in [0.15, 0.2) is 54.7 Å². The van der Waals surface area contributed by atoms with Gasteiger partial charge in [0.1, 0.15) is 16.9 Å². The lowest BCUT2D eigenvalue weighted by atomic mass is 9.98. The van der Waals surface area contributed by atoms with Gasteiger partial charge >= 0.3 is 0 Å². The molecule has 3 heterocycles. The number of nitrogens with zero attached hydrogens (tertiary/aromatic N) is 3. The maximum absolute atomic E-state index is 13.3. The summed E-state index contributed by atoms with van der Waals surface area (Å²) in [5.41, 5.74) is 1.83. The molecule has 0 radical (unpaired) electrons. The Morgan fingerprint density at radius 2 is 1.97 bits per heavy atom. The lowest BCUT2D eigenvalue weighted by Gasteiger charge is -2.48. The number of hydrogen-bond acceptors (Lipinski definition) is 5. The highest BCUT2D eigenvalue weighted by Gasteiger charge is 2.52. The van der Waals surface area contributed by atoms with Crippen LogP contribution in [0.3, 0.4) is 0 Å². The van der Waals surface area contributed by atoms with Gasteiger partial charge in [-0.3, -0.25) is 24.3 Å². The first kappa shape index (κ1) is 21.9. The maximum Gasteiger partial charge on any atom is 0.257 e. The second-order valence-electron chi connectivity index (χ2n) is 8.79. The largest absolute Gasteiger partial charge is 0.494 e. The van der Waals surface area contributed by atoms with E-state index in [1.807, 2.05) is 31.2 Å². The second-order valence-corrected chi connectivity index (χ2v) is 8.79. The molecule has 1 fully saturated rings. The van der Waals surface area contributed by atoms with E-state index >= 15 is 0 Å². The molecule has 3 amide bonds. The van der Waals surface area contributed by atoms with Gasteiger partial charge in [0.05, 0.1) is 24.0 Å². The van der Waals surface area contributed by atoms with Gasteiger partial charge in [0.2, 0.25) is 11.8 Å². The van der Waals surface area contributed by atoms with E-state index in [-0.39, 0.29) is 24.1 Å². The number of ether oxygens (including phenoxy) is 1. The molecule has 1 saturated heterocycles. The number of aromatic nitrogens is 1. The zero-order valence-electron chi connectivity index (χ0n) is 19.2. The van der Waals surface area contributed by atoms with Gasteiger partial charge in [-0.2, -0.15) is 0 Å². The number of amides is 3. The zero-order chi connectivity index (χ0) is 23.9. The number of nitrogens with one attached hydrogen (secondary N) is 1. The summed E-state index contributed by atoms with van der Waals surface area (Å²) in [6.07, 6.45) is 3.37. The van der Waals surface area contributed by atoms with E-state index in [0.717, 1.165) is 5.39 Å². The zero-order valence-corrected chi connectivity index (χ0v) is 19.2. The van der Waals surface area contributed by atoms with Crippen LogP contribution in [0.4, 0.5) is 11.4 Å². The van der Waals surface area contributed by atoms with Gasteiger partial charge in [-0.25, -0.2) is 0 Å². The van der Waals surface area contributed by atoms with E-state index in [1.165, 1.54) is 0 Å². The van der Waals surface area contributed by atoms with Crippen molar-refractivity contribution in [3.05, 3.63) is 60.3 Å². The second kappa shape index (κ2) is 8.44. The summed E-state index contributed by atoms with van der Waals surface area (Å²) in [4.78, 5) is 46.6. The first-order valence-electron chi connectivity index (χ1n) is 11.4. The van der Waals surface area contributed by atoms with Gasteiger partial charge in [0.15, 0.2) is 0 Å². The number of methoxy groups -OCH3 is 1. The smallest absolute Gasteiger partial charge is 0.257 e. The van der Waals surface area contributed by atoms with Gasteiger partial charge in [-0.15, -0.1) is 0 Å². The molecule has 1 aromatic heterocycles. The Kier molecular flexibility index (Phi) is 5.43. The van der Waals surface area contributed by atoms with E-state index in [9.17, 15) is 14.4 Å². The fraction of sp³-hybridized carbons (Fsp3) is 0.308. The van der Waals surface area contributed by atoms with E-state index < -0.39 is 5.66 Å². The van der Waals surface area contributed by atoms with E-state index in [1.54, 1.807) is 47.4 Å². The predicted octanol–water partition coefficient (Wildman–Crippen LogP) is 3.96. The summed E-state index contributed by atoms with van der Waals surface area (Å²) in [7, 11) is 1.58. The van der Waals surface area contributed by atoms with Crippen LogP contribution in [0, 0.1) is 0 Å². The highest BCUT2D eigenvalue weighted by molar-refractivity contribution is 6.10. The monoisotopic (exact) mass is 458 g/mol. The lowest BCUT2D eigenvalue weighted by Crippen LogP contribution is -2.62. The topological polar surface area (TPSA) is 91.8 Å². The third-order valence-corrected chi connectivity index (χ3v) is 6.76. The fourth-order valence-corrected chi connectivity index (χ4v) is 5.07. The van der Waals surface area contributed by atoms with E-state index in [4.69, 9.17) is 4.74 Å². The molecule has 174 valence electrons. The molecule has 5 rings (SSSR count). The Labute approximate surface area is 197 Å². The van der Waals surface area contributed by atoms with Crippen molar-refractivity contribution in [2.24, 2.45) is 0 Å². The molecular formula is C26H26N4O4. The quantitative estimate of drug-likeness (QED) is 0.604. The van der Waals surface area contributed by atoms with Crippen LogP contribution in [-0.4, -0.2) is 46.9 Å². The highest BCUT2D eigenvalue weighted by Crippen LogP contribution is 2.44. The first-order chi connectivity index (χ1) is 16.4. The average Bonchev–Trinajstić information content (AvgIpc) is 3.16. The van der Waals surface area contributed by atoms with Crippen LogP contribution in [-0.2, 0) is 9.59 Å². The molecule has 8 heteroatoms. The molecule has 0 aliphatic carbocycles. The molecule has 8 nitrogen and oxygen atoms in total. The number of anilines is 2. The summed E-state index contributed by atoms with van der Waals surface area (Å²) < 4.78 is 5.37. The SMILES string of the molecule is COc1ccc(NC(=O)CCCN2C(=O)c3ccccc3N3C(=O)CCC23C)c2cccnc12. The van der Waals surface area contributed by atoms with Gasteiger partial charge in [0.25, 0.3) is 5.91 Å². The molecule has 2 aliphatic rings. The average molecular weight is 459 g/mol. The summed E-state index contributed by atoms with van der Waals surface area (Å²) in [5, 5.41) is 3.76. The molecule has 34 heavy (non-hydrogen) atoms. The Hall–Kier alpha value is -3.94. The first-order valence-corrected chi connectivity index (χ1v) is 11.4. The predicted molar refractivity (Wildman–Crippen MR) is 129 cm³/mol. The van der Waals surface area contributed by atoms with E-state index in [2.05, 4.69) is 10.3 Å². The number of benzene rings is 2. The van der Waals surface area contributed by atoms with Crippen molar-refractivity contribution in [1.29, 1.82) is 0 Å². The minimum absolute atomic E-state index is 0.0187. The molecule has 0 spiro atoms. The van der Waals surface area contributed by atoms with Crippen molar-refractivity contribution < 1.29 is 19.1 Å². The van der Waals surface area contributed by atoms with Crippen molar-refractivity contribution in [3.63, 3.8) is 0 Å². The number of pyridine rings is 1. The van der Waals surface area contributed by atoms with Gasteiger partial charge < -0.3 is 15.0 Å². The number of carbonyl (C=O) groups is 3. The van der Waals surface area contributed by atoms with Crippen LogP contribution in [0.25, 0.3) is 10.9 Å². The molecule has 0 saturated carbocycles. The van der Waals surface area contributed by atoms with Crippen LogP contribution >= 0.6 is 0 Å². The molecule has 2 aliphatic heterocycles. The number of para-hydroxylation sites is 1. The van der Waals surface area contributed by atoms with Crippen LogP contribution in [0.2, 0.25) is 0 Å². The fourth-order valence-electron chi connectivity index (χ4n) is 5.07. The Morgan fingerprint density at radius 3 is 2.79 bits per heavy atom. The van der Waals surface area contributed by atoms with Crippen LogP contribution < -0.4 is 15.0 Å². The standard InChI is InChI=1S/C26H26N4O4/c1-26-14-13-23(32)30(26)20-9-4-3-7-18(20)25(33)29(26)16-6-10-22(31)28-19-11-12-21(34-2)24-17(19)8-5-15-27-24/h3-5,7-9,11-12,15H,6,10,13-14,16H2,1-2H3,(H,28,31). The molecule has 2 aromatic carbocycles. The number of fused-ring (bicyclic) bond motifs is 4. The van der Waals surface area contributed by atoms with Crippen LogP contribution in [0.5, 0.6) is 5.75 Å². The Balaban J connectivity index is 1.30. The number of hydrogen-bond donors (Lipinski definition) is 1. The van der Waals surface area contributed by atoms with Crippen molar-refractivity contribution >= 4 is 40.0 Å². The molecule has 3 aromatic rings. The van der Waals surface area contributed by atoms with Crippen molar-refractivity contribution in [1.82, 2.24) is 9.88 Å². The van der Waals surface area contributed by atoms with Crippen LogP contribution in [0.1, 0.15) is 43.0 Å². The number of carbonyl (C=O) groups excluding carboxylic acids is 3. The Morgan fingerprint density at radius 1 is 1.15 bits per heavy atom. The number of rotatable bonds is 6. The Bertz CT molecular complexity index is 1310. The molecule has 1 unspecified atom stereocenters. The maximum atomic E-state index is 13.3. The lowest BCUT2D eigenvalue weighted by molar-refractivity contribution is -0.118. The minimum Gasteiger partial charge on any atom is -0.494 e. The van der Waals surface area contributed by atoms with Gasteiger partial charge in [0, 0.05) is 31.0 Å². The summed E-state index contributed by atoms with van der Waals surface area (Å²) in [6, 6.07) is 14.5. The van der Waals surface area contributed by atoms with Gasteiger partial charge in [-0.05, 0) is 56.2 Å². The molecule has 1 N–H and O–H groups in total.